The van der Waals surface area contributed by atoms with Crippen molar-refractivity contribution >= 4 is 18.4 Å². The quantitative estimate of drug-likeness (QED) is 0.330. The summed E-state index contributed by atoms with van der Waals surface area (Å²) in [6.07, 6.45) is -11.7. The zero-order valence-corrected chi connectivity index (χ0v) is 21.0. The first-order valence-electron chi connectivity index (χ1n) is 11.4. The number of benzene rings is 1. The van der Waals surface area contributed by atoms with Crippen LogP contribution in [0.2, 0.25) is 0 Å². The van der Waals surface area contributed by atoms with Gasteiger partial charge < -0.3 is 5.11 Å². The summed E-state index contributed by atoms with van der Waals surface area (Å²) < 4.78 is 108. The minimum absolute atomic E-state index is 0. The highest BCUT2D eigenvalue weighted by atomic mass is 35.5. The molecule has 2 rings (SSSR count). The second-order valence-corrected chi connectivity index (χ2v) is 10.4. The highest BCUT2D eigenvalue weighted by molar-refractivity contribution is 5.85. The van der Waals surface area contributed by atoms with Gasteiger partial charge in [0.15, 0.2) is 0 Å². The zero-order valence-electron chi connectivity index (χ0n) is 20.2. The molecular formula is C24H32ClF8NO2. The van der Waals surface area contributed by atoms with Crippen molar-refractivity contribution in [1.29, 1.82) is 0 Å². The van der Waals surface area contributed by atoms with Crippen molar-refractivity contribution in [1.82, 2.24) is 4.90 Å². The van der Waals surface area contributed by atoms with Crippen LogP contribution in [0.4, 0.5) is 35.1 Å². The molecule has 12 heteroatoms. The van der Waals surface area contributed by atoms with Crippen LogP contribution in [0.1, 0.15) is 76.5 Å². The Morgan fingerprint density at radius 2 is 1.56 bits per heavy atom. The fourth-order valence-corrected chi connectivity index (χ4v) is 4.62. The van der Waals surface area contributed by atoms with Gasteiger partial charge in [-0.1, -0.05) is 32.9 Å². The van der Waals surface area contributed by atoms with Crippen molar-refractivity contribution in [3.05, 3.63) is 35.4 Å². The number of likely N-dealkylation sites (tertiary alicyclic amines) is 1. The van der Waals surface area contributed by atoms with E-state index < -0.39 is 67.1 Å². The largest absolute Gasteiger partial charge is 0.481 e. The molecule has 1 N–H and O–H groups in total. The van der Waals surface area contributed by atoms with Gasteiger partial charge in [-0.15, -0.1) is 12.4 Å². The number of rotatable bonds is 8. The number of nitrogens with zero attached hydrogens (tertiary/aromatic N) is 1. The molecule has 0 amide bonds. The van der Waals surface area contributed by atoms with E-state index in [0.717, 1.165) is 24.3 Å². The Morgan fingerprint density at radius 3 is 2.00 bits per heavy atom. The van der Waals surface area contributed by atoms with E-state index in [2.05, 4.69) is 0 Å². The number of carbonyl (C=O) groups is 1. The summed E-state index contributed by atoms with van der Waals surface area (Å²) in [6, 6.07) is 1.31. The first kappa shape index (κ1) is 32.4. The molecule has 0 saturated carbocycles. The van der Waals surface area contributed by atoms with Gasteiger partial charge in [0.2, 0.25) is 0 Å². The van der Waals surface area contributed by atoms with Crippen LogP contribution in [-0.2, 0) is 11.0 Å². The number of carboxylic acids is 1. The smallest absolute Gasteiger partial charge is 0.416 e. The Hall–Kier alpha value is -1.62. The summed E-state index contributed by atoms with van der Waals surface area (Å²) >= 11 is 0. The number of carboxylic acid groups (broad SMARTS) is 1. The van der Waals surface area contributed by atoms with Crippen LogP contribution in [0.15, 0.2) is 24.3 Å². The third kappa shape index (κ3) is 9.36. The maximum Gasteiger partial charge on any atom is 0.416 e. The molecule has 208 valence electrons. The fourth-order valence-electron chi connectivity index (χ4n) is 4.62. The third-order valence-electron chi connectivity index (χ3n) is 6.42. The second kappa shape index (κ2) is 11.8. The van der Waals surface area contributed by atoms with Gasteiger partial charge in [0.05, 0.1) is 17.9 Å². The minimum Gasteiger partial charge on any atom is -0.481 e. The molecule has 1 fully saturated rings. The molecule has 3 nitrogen and oxygen atoms in total. The number of alkyl halides is 8. The van der Waals surface area contributed by atoms with Gasteiger partial charge in [-0.05, 0) is 42.4 Å². The standard InChI is InChI=1S/C24H31F8NO2.ClH/c1-21(2,3)10-8-17(9-11-23(27,28)29)33-13-12-22(25,26)18(14-19(34)35)20(33)15-4-6-16(7-5-15)24(30,31)32;/h4-7,17-18,20H,8-14H2,1-3H3,(H,34,35);1H/t17?,18-,20-;/m1./s1. The zero-order chi connectivity index (χ0) is 26.8. The molecule has 36 heavy (non-hydrogen) atoms. The van der Waals surface area contributed by atoms with E-state index in [0.29, 0.717) is 6.42 Å². The molecular weight excluding hydrogens is 522 g/mol. The van der Waals surface area contributed by atoms with E-state index >= 15 is 0 Å². The molecule has 0 aliphatic carbocycles. The second-order valence-electron chi connectivity index (χ2n) is 10.4. The van der Waals surface area contributed by atoms with Gasteiger partial charge in [0.1, 0.15) is 0 Å². The first-order valence-corrected chi connectivity index (χ1v) is 11.4. The van der Waals surface area contributed by atoms with E-state index in [1.807, 2.05) is 20.8 Å². The number of aliphatic carboxylic acids is 1. The van der Waals surface area contributed by atoms with Gasteiger partial charge in [0.25, 0.3) is 5.92 Å². The normalized spacial score (nSPS) is 22.1. The van der Waals surface area contributed by atoms with E-state index in [1.165, 1.54) is 4.90 Å². The third-order valence-corrected chi connectivity index (χ3v) is 6.42. The lowest BCUT2D eigenvalue weighted by molar-refractivity contribution is -0.167. The molecule has 1 aliphatic heterocycles. The van der Waals surface area contributed by atoms with Crippen LogP contribution in [0.25, 0.3) is 0 Å². The highest BCUT2D eigenvalue weighted by Gasteiger charge is 2.52. The van der Waals surface area contributed by atoms with Gasteiger partial charge in [-0.25, -0.2) is 8.78 Å². The van der Waals surface area contributed by atoms with Crippen LogP contribution in [0, 0.1) is 11.3 Å². The number of piperidine rings is 1. The molecule has 1 heterocycles. The minimum atomic E-state index is -4.67. The molecule has 0 bridgehead atoms. The monoisotopic (exact) mass is 553 g/mol. The molecule has 1 aliphatic rings. The lowest BCUT2D eigenvalue weighted by Crippen LogP contribution is -2.53. The maximum atomic E-state index is 15.0. The summed E-state index contributed by atoms with van der Waals surface area (Å²) in [5, 5.41) is 9.31. The summed E-state index contributed by atoms with van der Waals surface area (Å²) in [5.41, 5.74) is -1.25. The van der Waals surface area contributed by atoms with Gasteiger partial charge >= 0.3 is 18.3 Å². The lowest BCUT2D eigenvalue weighted by Gasteiger charge is -2.49. The summed E-state index contributed by atoms with van der Waals surface area (Å²) in [5.74, 6) is -6.79. The molecule has 1 unspecified atom stereocenters. The summed E-state index contributed by atoms with van der Waals surface area (Å²) in [7, 11) is 0. The molecule has 3 atom stereocenters. The average molecular weight is 554 g/mol. The van der Waals surface area contributed by atoms with Crippen LogP contribution in [0.5, 0.6) is 0 Å². The number of hydrogen-bond donors (Lipinski definition) is 1. The van der Waals surface area contributed by atoms with E-state index in [1.54, 1.807) is 0 Å². The summed E-state index contributed by atoms with van der Waals surface area (Å²) in [4.78, 5) is 12.9. The predicted molar refractivity (Wildman–Crippen MR) is 121 cm³/mol. The van der Waals surface area contributed by atoms with Crippen molar-refractivity contribution in [3.8, 4) is 0 Å². The Kier molecular flexibility index (Phi) is 10.7. The predicted octanol–water partition coefficient (Wildman–Crippen LogP) is 8.14. The summed E-state index contributed by atoms with van der Waals surface area (Å²) in [6.45, 7) is 5.36. The molecule has 0 aromatic heterocycles. The van der Waals surface area contributed by atoms with Gasteiger partial charge in [-0.3, -0.25) is 9.69 Å². The Labute approximate surface area is 211 Å². The molecule has 1 aromatic carbocycles. The lowest BCUT2D eigenvalue weighted by atomic mass is 9.77. The molecule has 1 aromatic rings. The number of halogens is 9. The van der Waals surface area contributed by atoms with Crippen molar-refractivity contribution in [3.63, 3.8) is 0 Å². The van der Waals surface area contributed by atoms with E-state index in [9.17, 15) is 45.0 Å². The first-order chi connectivity index (χ1) is 15.8. The van der Waals surface area contributed by atoms with Crippen LogP contribution in [0.3, 0.4) is 0 Å². The highest BCUT2D eigenvalue weighted by Crippen LogP contribution is 2.49. The van der Waals surface area contributed by atoms with E-state index in [4.69, 9.17) is 0 Å². The van der Waals surface area contributed by atoms with Crippen molar-refractivity contribution < 1.29 is 45.0 Å². The number of hydrogen-bond acceptors (Lipinski definition) is 2. The van der Waals surface area contributed by atoms with Gasteiger partial charge in [0, 0.05) is 31.5 Å². The fraction of sp³-hybridized carbons (Fsp3) is 0.708. The Bertz CT molecular complexity index is 832. The molecule has 0 spiro atoms. The van der Waals surface area contributed by atoms with Crippen molar-refractivity contribution in [2.75, 3.05) is 6.54 Å². The van der Waals surface area contributed by atoms with Crippen LogP contribution >= 0.6 is 12.4 Å². The topological polar surface area (TPSA) is 40.5 Å². The van der Waals surface area contributed by atoms with Crippen molar-refractivity contribution in [2.45, 2.75) is 89.7 Å². The van der Waals surface area contributed by atoms with E-state index in [-0.39, 0.29) is 42.8 Å². The SMILES string of the molecule is CC(C)(C)CCC(CCC(F)(F)F)N1CCC(F)(F)[C@H](CC(=O)O)[C@H]1c1ccc(C(F)(F)F)cc1.Cl. The van der Waals surface area contributed by atoms with Crippen LogP contribution < -0.4 is 0 Å². The maximum absolute atomic E-state index is 15.0. The molecule has 0 radical (unpaired) electrons. The average Bonchev–Trinajstić information content (AvgIpc) is 2.67. The molecule has 1 saturated heterocycles. The van der Waals surface area contributed by atoms with Crippen molar-refractivity contribution in [2.24, 2.45) is 11.3 Å². The Balaban J connectivity index is 0.00000648. The van der Waals surface area contributed by atoms with Crippen LogP contribution in [-0.4, -0.2) is 40.7 Å². The Morgan fingerprint density at radius 1 is 1.03 bits per heavy atom. The van der Waals surface area contributed by atoms with Gasteiger partial charge in [-0.2, -0.15) is 26.3 Å².